The van der Waals surface area contributed by atoms with Gasteiger partial charge in [0.15, 0.2) is 0 Å². The molecule has 0 radical (unpaired) electrons. The van der Waals surface area contributed by atoms with Gasteiger partial charge in [-0.2, -0.15) is 0 Å². The molecule has 20 heavy (non-hydrogen) atoms. The first-order valence-corrected chi connectivity index (χ1v) is 7.94. The average molecular weight is 336 g/mol. The molecule has 1 heterocycles. The van der Waals surface area contributed by atoms with Crippen molar-refractivity contribution in [2.45, 2.75) is 39.8 Å². The maximum absolute atomic E-state index is 4.50. The second-order valence-corrected chi connectivity index (χ2v) is 5.86. The fourth-order valence-electron chi connectivity index (χ4n) is 2.53. The lowest BCUT2D eigenvalue weighted by atomic mass is 9.98. The fourth-order valence-corrected chi connectivity index (χ4v) is 2.90. The van der Waals surface area contributed by atoms with E-state index in [9.17, 15) is 0 Å². The third-order valence-electron chi connectivity index (χ3n) is 3.60. The predicted molar refractivity (Wildman–Crippen MR) is 86.9 cm³/mol. The van der Waals surface area contributed by atoms with E-state index in [0.717, 1.165) is 29.8 Å². The molecule has 0 saturated carbocycles. The number of aromatic nitrogens is 2. The van der Waals surface area contributed by atoms with E-state index >= 15 is 0 Å². The number of halogens is 1. The van der Waals surface area contributed by atoms with Crippen LogP contribution in [0.1, 0.15) is 36.8 Å². The summed E-state index contributed by atoms with van der Waals surface area (Å²) < 4.78 is 3.33. The van der Waals surface area contributed by atoms with Crippen LogP contribution in [-0.4, -0.2) is 16.1 Å². The first kappa shape index (κ1) is 15.3. The van der Waals surface area contributed by atoms with Crippen LogP contribution >= 0.6 is 15.9 Å². The van der Waals surface area contributed by atoms with Crippen molar-refractivity contribution in [1.82, 2.24) is 14.9 Å². The molecule has 0 amide bonds. The van der Waals surface area contributed by atoms with Gasteiger partial charge >= 0.3 is 0 Å². The van der Waals surface area contributed by atoms with Crippen LogP contribution < -0.4 is 5.32 Å². The third kappa shape index (κ3) is 3.49. The van der Waals surface area contributed by atoms with E-state index in [0.29, 0.717) is 6.04 Å². The summed E-state index contributed by atoms with van der Waals surface area (Å²) in [7, 11) is 0. The molecular formula is C16H22BrN3. The van der Waals surface area contributed by atoms with Crippen LogP contribution in [0.25, 0.3) is 0 Å². The molecule has 0 saturated heterocycles. The number of rotatable bonds is 6. The summed E-state index contributed by atoms with van der Waals surface area (Å²) in [5, 5.41) is 3.58. The zero-order valence-electron chi connectivity index (χ0n) is 12.4. The Morgan fingerprint density at radius 3 is 2.85 bits per heavy atom. The van der Waals surface area contributed by atoms with Crippen molar-refractivity contribution < 1.29 is 0 Å². The third-order valence-corrected chi connectivity index (χ3v) is 4.09. The lowest BCUT2D eigenvalue weighted by Crippen LogP contribution is -2.25. The van der Waals surface area contributed by atoms with Crippen molar-refractivity contribution in [1.29, 1.82) is 0 Å². The molecule has 1 N–H and O–H groups in total. The number of likely N-dealkylation sites (N-methyl/N-ethyl adjacent to an activating group) is 1. The lowest BCUT2D eigenvalue weighted by Gasteiger charge is -2.21. The predicted octanol–water partition coefficient (Wildman–Crippen LogP) is 3.87. The van der Waals surface area contributed by atoms with E-state index in [1.165, 1.54) is 11.1 Å². The number of nitrogens with one attached hydrogen (secondary N) is 1. The summed E-state index contributed by atoms with van der Waals surface area (Å²) >= 11 is 3.57. The molecule has 1 atom stereocenters. The molecule has 2 aromatic rings. The van der Waals surface area contributed by atoms with Gasteiger partial charge in [-0.25, -0.2) is 4.98 Å². The van der Waals surface area contributed by atoms with E-state index in [1.807, 2.05) is 12.4 Å². The summed E-state index contributed by atoms with van der Waals surface area (Å²) in [5.74, 6) is 1.14. The lowest BCUT2D eigenvalue weighted by molar-refractivity contribution is 0.520. The highest BCUT2D eigenvalue weighted by atomic mass is 79.9. The Balaban J connectivity index is 2.29. The number of imidazole rings is 1. The van der Waals surface area contributed by atoms with Gasteiger partial charge in [-0.15, -0.1) is 0 Å². The molecule has 108 valence electrons. The summed E-state index contributed by atoms with van der Waals surface area (Å²) in [4.78, 5) is 4.50. The van der Waals surface area contributed by atoms with Crippen molar-refractivity contribution in [3.63, 3.8) is 0 Å². The van der Waals surface area contributed by atoms with Gasteiger partial charge in [0.05, 0.1) is 0 Å². The molecule has 0 fully saturated rings. The van der Waals surface area contributed by atoms with Crippen LogP contribution in [-0.2, 0) is 13.0 Å². The number of aryl methyl sites for hydroxylation is 2. The zero-order valence-corrected chi connectivity index (χ0v) is 13.9. The molecule has 2 rings (SSSR count). The summed E-state index contributed by atoms with van der Waals surface area (Å²) in [6.07, 6.45) is 4.84. The fraction of sp³-hybridized carbons (Fsp3) is 0.438. The average Bonchev–Trinajstić information content (AvgIpc) is 2.88. The molecule has 1 aromatic carbocycles. The molecule has 3 nitrogen and oxygen atoms in total. The van der Waals surface area contributed by atoms with Crippen molar-refractivity contribution in [2.75, 3.05) is 6.54 Å². The smallest absolute Gasteiger partial charge is 0.110 e. The second kappa shape index (κ2) is 7.04. The van der Waals surface area contributed by atoms with E-state index in [4.69, 9.17) is 0 Å². The number of benzene rings is 1. The van der Waals surface area contributed by atoms with Crippen LogP contribution in [0.3, 0.4) is 0 Å². The van der Waals surface area contributed by atoms with Gasteiger partial charge in [-0.05, 0) is 43.7 Å². The van der Waals surface area contributed by atoms with Gasteiger partial charge < -0.3 is 9.88 Å². The first-order chi connectivity index (χ1) is 9.65. The molecule has 0 bridgehead atoms. The number of nitrogens with zero attached hydrogens (tertiary/aromatic N) is 2. The van der Waals surface area contributed by atoms with Crippen molar-refractivity contribution in [3.8, 4) is 0 Å². The van der Waals surface area contributed by atoms with Crippen LogP contribution in [0.5, 0.6) is 0 Å². The quantitative estimate of drug-likeness (QED) is 0.868. The van der Waals surface area contributed by atoms with Gasteiger partial charge in [-0.1, -0.05) is 28.9 Å². The Hall–Kier alpha value is -1.13. The molecule has 0 spiro atoms. The normalized spacial score (nSPS) is 12.6. The molecule has 0 aliphatic heterocycles. The van der Waals surface area contributed by atoms with Crippen LogP contribution in [0.2, 0.25) is 0 Å². The SMILES string of the molecule is CCNC(Cc1nccn1CC)c1cc(Br)ccc1C. The van der Waals surface area contributed by atoms with E-state index in [-0.39, 0.29) is 0 Å². The highest BCUT2D eigenvalue weighted by Gasteiger charge is 2.16. The maximum atomic E-state index is 4.50. The minimum absolute atomic E-state index is 0.296. The summed E-state index contributed by atoms with van der Waals surface area (Å²) in [6.45, 7) is 8.37. The Labute approximate surface area is 129 Å². The van der Waals surface area contributed by atoms with Gasteiger partial charge in [0, 0.05) is 35.9 Å². The molecular weight excluding hydrogens is 314 g/mol. The van der Waals surface area contributed by atoms with Gasteiger partial charge in [-0.3, -0.25) is 0 Å². The largest absolute Gasteiger partial charge is 0.335 e. The minimum Gasteiger partial charge on any atom is -0.335 e. The Morgan fingerprint density at radius 2 is 2.15 bits per heavy atom. The van der Waals surface area contributed by atoms with E-state index in [2.05, 4.69) is 69.8 Å². The maximum Gasteiger partial charge on any atom is 0.110 e. The van der Waals surface area contributed by atoms with Crippen molar-refractivity contribution >= 4 is 15.9 Å². The minimum atomic E-state index is 0.296. The summed E-state index contributed by atoms with van der Waals surface area (Å²) in [6, 6.07) is 6.76. The molecule has 1 unspecified atom stereocenters. The standard InChI is InChI=1S/C16H22BrN3/c1-4-18-15(11-16-19-8-9-20(16)5-2)14-10-13(17)7-6-12(14)3/h6-10,15,18H,4-5,11H2,1-3H3. The molecule has 0 aliphatic carbocycles. The Morgan fingerprint density at radius 1 is 1.35 bits per heavy atom. The Kier molecular flexibility index (Phi) is 5.38. The van der Waals surface area contributed by atoms with Crippen LogP contribution in [0, 0.1) is 6.92 Å². The highest BCUT2D eigenvalue weighted by Crippen LogP contribution is 2.25. The van der Waals surface area contributed by atoms with E-state index < -0.39 is 0 Å². The van der Waals surface area contributed by atoms with Crippen LogP contribution in [0.15, 0.2) is 35.1 Å². The van der Waals surface area contributed by atoms with Gasteiger partial charge in [0.2, 0.25) is 0 Å². The molecule has 1 aromatic heterocycles. The monoisotopic (exact) mass is 335 g/mol. The number of hydrogen-bond acceptors (Lipinski definition) is 2. The molecule has 4 heteroatoms. The summed E-state index contributed by atoms with van der Waals surface area (Å²) in [5.41, 5.74) is 2.65. The van der Waals surface area contributed by atoms with Crippen LogP contribution in [0.4, 0.5) is 0 Å². The van der Waals surface area contributed by atoms with E-state index in [1.54, 1.807) is 0 Å². The van der Waals surface area contributed by atoms with Crippen molar-refractivity contribution in [2.24, 2.45) is 0 Å². The molecule has 0 aliphatic rings. The van der Waals surface area contributed by atoms with Gasteiger partial charge in [0.1, 0.15) is 5.82 Å². The first-order valence-electron chi connectivity index (χ1n) is 7.15. The van der Waals surface area contributed by atoms with Gasteiger partial charge in [0.25, 0.3) is 0 Å². The Bertz CT molecular complexity index is 563. The highest BCUT2D eigenvalue weighted by molar-refractivity contribution is 9.10. The number of hydrogen-bond donors (Lipinski definition) is 1. The van der Waals surface area contributed by atoms with Crippen molar-refractivity contribution in [3.05, 3.63) is 52.0 Å². The topological polar surface area (TPSA) is 29.9 Å². The zero-order chi connectivity index (χ0) is 14.5. The second-order valence-electron chi connectivity index (χ2n) is 4.94.